The number of nitrogens with zero attached hydrogens (tertiary/aromatic N) is 1. The van der Waals surface area contributed by atoms with Crippen LogP contribution in [0.25, 0.3) is 0 Å². The summed E-state index contributed by atoms with van der Waals surface area (Å²) >= 11 is 0. The molecule has 0 saturated carbocycles. The molecular weight excluding hydrogens is 162 g/mol. The second-order valence-electron chi connectivity index (χ2n) is 2.17. The highest BCUT2D eigenvalue weighted by Gasteiger charge is 2.10. The minimum Gasteiger partial charge on any atom is -0.330 e. The van der Waals surface area contributed by atoms with Gasteiger partial charge in [0.1, 0.15) is 4.91 Å². The quantitative estimate of drug-likeness (QED) is 0.380. The third-order valence-electron chi connectivity index (χ3n) is 1.09. The summed E-state index contributed by atoms with van der Waals surface area (Å²) in [6.07, 6.45) is 1.28. The molecule has 0 atom stereocenters. The van der Waals surface area contributed by atoms with Crippen molar-refractivity contribution in [2.75, 3.05) is 26.3 Å². The van der Waals surface area contributed by atoms with Crippen LogP contribution in [0.15, 0.2) is 0 Å². The first-order chi connectivity index (χ1) is 5.81. The molecule has 12 heavy (non-hydrogen) atoms. The Morgan fingerprint density at radius 3 is 1.75 bits per heavy atom. The third-order valence-corrected chi connectivity index (χ3v) is 1.09. The van der Waals surface area contributed by atoms with Crippen molar-refractivity contribution in [2.45, 2.75) is 12.8 Å². The largest absolute Gasteiger partial charge is 0.477 e. The Bertz CT molecular complexity index is 109. The van der Waals surface area contributed by atoms with Gasteiger partial charge in [0.15, 0.2) is 13.2 Å². The van der Waals surface area contributed by atoms with Crippen LogP contribution >= 0.6 is 0 Å². The molecule has 0 aliphatic carbocycles. The molecule has 0 radical (unpaired) electrons. The number of hydrogen-bond acceptors (Lipinski definition) is 5. The molecule has 4 N–H and O–H groups in total. The molecule has 0 unspecified atom stereocenters. The van der Waals surface area contributed by atoms with Crippen molar-refractivity contribution in [3.8, 4) is 0 Å². The average molecular weight is 178 g/mol. The van der Waals surface area contributed by atoms with Gasteiger partial charge < -0.3 is 11.5 Å². The maximum atomic E-state index is 10.6. The van der Waals surface area contributed by atoms with Crippen LogP contribution in [0, 0.1) is 4.91 Å². The lowest BCUT2D eigenvalue weighted by Crippen LogP contribution is -2.15. The molecule has 72 valence electrons. The Kier molecular flexibility index (Phi) is 7.62. The monoisotopic (exact) mass is 178 g/mol. The van der Waals surface area contributed by atoms with E-state index >= 15 is 0 Å². The van der Waals surface area contributed by atoms with Crippen LogP contribution < -0.4 is 11.5 Å². The van der Waals surface area contributed by atoms with Gasteiger partial charge in [0.25, 0.3) is 0 Å². The van der Waals surface area contributed by atoms with Gasteiger partial charge in [-0.1, -0.05) is 0 Å². The van der Waals surface area contributed by atoms with E-state index in [9.17, 15) is 4.91 Å². The molecule has 6 nitrogen and oxygen atoms in total. The first-order valence-corrected chi connectivity index (χ1v) is 3.94. The van der Waals surface area contributed by atoms with Gasteiger partial charge in [0, 0.05) is 12.8 Å². The van der Waals surface area contributed by atoms with Crippen molar-refractivity contribution in [3.05, 3.63) is 4.91 Å². The fraction of sp³-hybridized carbons (Fsp3) is 1.00. The first kappa shape index (κ1) is 11.1. The molecule has 0 aromatic rings. The van der Waals surface area contributed by atoms with Crippen LogP contribution in [0.5, 0.6) is 0 Å². The van der Waals surface area contributed by atoms with E-state index in [0.29, 0.717) is 25.9 Å². The van der Waals surface area contributed by atoms with E-state index in [2.05, 4.69) is 9.68 Å². The van der Waals surface area contributed by atoms with Crippen LogP contribution in [-0.4, -0.2) is 31.4 Å². The molecule has 6 heteroatoms. The second-order valence-corrected chi connectivity index (χ2v) is 2.17. The summed E-state index contributed by atoms with van der Waals surface area (Å²) < 4.78 is 0. The maximum Gasteiger partial charge on any atom is 0.477 e. The zero-order valence-corrected chi connectivity index (χ0v) is 7.07. The van der Waals surface area contributed by atoms with Gasteiger partial charge in [-0.05, 0) is 13.1 Å². The van der Waals surface area contributed by atoms with Crippen molar-refractivity contribution in [2.24, 2.45) is 11.5 Å². The van der Waals surface area contributed by atoms with Crippen molar-refractivity contribution >= 4 is 0 Å². The molecular formula is C6H16N3O3+. The van der Waals surface area contributed by atoms with E-state index in [4.69, 9.17) is 11.5 Å². The summed E-state index contributed by atoms with van der Waals surface area (Å²) in [7, 11) is 0. The van der Waals surface area contributed by atoms with Crippen molar-refractivity contribution < 1.29 is 14.8 Å². The molecule has 0 heterocycles. The predicted octanol–water partition coefficient (Wildman–Crippen LogP) is -0.674. The van der Waals surface area contributed by atoms with Gasteiger partial charge in [0.05, 0.1) is 0 Å². The normalized spacial score (nSPS) is 9.50. The zero-order valence-electron chi connectivity index (χ0n) is 7.07. The number of rotatable bonds is 8. The minimum atomic E-state index is 0.103. The van der Waals surface area contributed by atoms with Crippen molar-refractivity contribution in [1.82, 2.24) is 0 Å². The number of nitrogens with two attached hydrogens (primary N) is 2. The van der Waals surface area contributed by atoms with Gasteiger partial charge in [0.2, 0.25) is 0 Å². The summed E-state index contributed by atoms with van der Waals surface area (Å²) in [5.74, 6) is 0. The Labute approximate surface area is 71.3 Å². The smallest absolute Gasteiger partial charge is 0.330 e. The van der Waals surface area contributed by atoms with E-state index in [-0.39, 0.29) is 18.3 Å². The Balaban J connectivity index is 3.10. The molecule has 0 aromatic carbocycles. The van der Waals surface area contributed by atoms with Crippen LogP contribution in [-0.2, 0) is 9.68 Å². The van der Waals surface area contributed by atoms with Gasteiger partial charge in [-0.2, -0.15) is 9.68 Å². The lowest BCUT2D eigenvalue weighted by molar-refractivity contribution is -0.981. The van der Waals surface area contributed by atoms with E-state index in [1.54, 1.807) is 0 Å². The van der Waals surface area contributed by atoms with Crippen LogP contribution in [0.4, 0.5) is 0 Å². The highest BCUT2D eigenvalue weighted by atomic mass is 17.0. The summed E-state index contributed by atoms with van der Waals surface area (Å²) in [5, 5.41) is 0.103. The standard InChI is InChI=1S/C6H16N3O3/c7-3-1-5-11-9(10)12-6-2-4-8/h1-8H2/q+1. The van der Waals surface area contributed by atoms with Crippen molar-refractivity contribution in [1.29, 1.82) is 0 Å². The fourth-order valence-electron chi connectivity index (χ4n) is 0.482. The van der Waals surface area contributed by atoms with Crippen LogP contribution in [0.3, 0.4) is 0 Å². The molecule has 0 aliphatic rings. The van der Waals surface area contributed by atoms with Gasteiger partial charge >= 0.3 is 5.09 Å². The lowest BCUT2D eigenvalue weighted by atomic mass is 10.5. The SMILES string of the molecule is NCCCO[N+](=O)OCCCN. The highest BCUT2D eigenvalue weighted by molar-refractivity contribution is 4.31. The molecule has 0 fully saturated rings. The van der Waals surface area contributed by atoms with Gasteiger partial charge in [-0.15, -0.1) is 0 Å². The van der Waals surface area contributed by atoms with E-state index < -0.39 is 0 Å². The van der Waals surface area contributed by atoms with Gasteiger partial charge in [-0.25, -0.2) is 0 Å². The number of hydrogen-bond donors (Lipinski definition) is 2. The fourth-order valence-corrected chi connectivity index (χ4v) is 0.482. The molecule has 0 amide bonds. The van der Waals surface area contributed by atoms with E-state index in [0.717, 1.165) is 0 Å². The summed E-state index contributed by atoms with van der Waals surface area (Å²) in [4.78, 5) is 19.7. The topological polar surface area (TPSA) is 90.6 Å². The van der Waals surface area contributed by atoms with Crippen LogP contribution in [0.1, 0.15) is 12.8 Å². The average Bonchev–Trinajstić information content (AvgIpc) is 2.06. The summed E-state index contributed by atoms with van der Waals surface area (Å²) in [6.45, 7) is 1.55. The predicted molar refractivity (Wildman–Crippen MR) is 42.9 cm³/mol. The minimum absolute atomic E-state index is 0.103. The Morgan fingerprint density at radius 1 is 1.00 bits per heavy atom. The van der Waals surface area contributed by atoms with Crippen molar-refractivity contribution in [3.63, 3.8) is 0 Å². The Hall–Kier alpha value is -0.880. The molecule has 0 spiro atoms. The summed E-state index contributed by atoms with van der Waals surface area (Å²) in [5.41, 5.74) is 10.4. The summed E-state index contributed by atoms with van der Waals surface area (Å²) in [6, 6.07) is 0. The third kappa shape index (κ3) is 7.23. The van der Waals surface area contributed by atoms with Gasteiger partial charge in [-0.3, -0.25) is 0 Å². The molecule has 0 rings (SSSR count). The van der Waals surface area contributed by atoms with E-state index in [1.165, 1.54) is 0 Å². The maximum absolute atomic E-state index is 10.6. The zero-order chi connectivity index (χ0) is 9.23. The molecule has 0 bridgehead atoms. The highest BCUT2D eigenvalue weighted by Crippen LogP contribution is 1.85. The van der Waals surface area contributed by atoms with E-state index in [1.807, 2.05) is 0 Å². The molecule has 0 aromatic heterocycles. The Morgan fingerprint density at radius 2 is 1.42 bits per heavy atom. The van der Waals surface area contributed by atoms with Crippen LogP contribution in [0.2, 0.25) is 0 Å². The molecule has 0 saturated heterocycles. The molecule has 0 aliphatic heterocycles. The lowest BCUT2D eigenvalue weighted by Gasteiger charge is -1.92. The second kappa shape index (κ2) is 8.22. The first-order valence-electron chi connectivity index (χ1n) is 3.94.